The van der Waals surface area contributed by atoms with Gasteiger partial charge in [-0.2, -0.15) is 0 Å². The lowest BCUT2D eigenvalue weighted by atomic mass is 9.91. The van der Waals surface area contributed by atoms with Gasteiger partial charge in [0.2, 0.25) is 0 Å². The third-order valence-electron chi connectivity index (χ3n) is 4.60. The van der Waals surface area contributed by atoms with Crippen LogP contribution in [0.5, 0.6) is 5.75 Å². The predicted molar refractivity (Wildman–Crippen MR) is 83.7 cm³/mol. The van der Waals surface area contributed by atoms with Crippen molar-refractivity contribution >= 4 is 0 Å². The molecule has 0 spiro atoms. The van der Waals surface area contributed by atoms with Crippen LogP contribution in [0.4, 0.5) is 0 Å². The van der Waals surface area contributed by atoms with Crippen molar-refractivity contribution in [1.29, 1.82) is 0 Å². The van der Waals surface area contributed by atoms with Crippen molar-refractivity contribution < 1.29 is 4.74 Å². The fourth-order valence-electron chi connectivity index (χ4n) is 3.57. The van der Waals surface area contributed by atoms with Crippen molar-refractivity contribution in [2.45, 2.75) is 58.4 Å². The molecule has 1 aromatic carbocycles. The maximum absolute atomic E-state index is 5.81. The van der Waals surface area contributed by atoms with E-state index in [0.717, 1.165) is 18.1 Å². The molecule has 0 amide bonds. The van der Waals surface area contributed by atoms with Crippen LogP contribution < -0.4 is 16.0 Å². The predicted octanol–water partition coefficient (Wildman–Crippen LogP) is 3.79. The quantitative estimate of drug-likeness (QED) is 0.614. The lowest BCUT2D eigenvalue weighted by Crippen LogP contribution is -2.29. The van der Waals surface area contributed by atoms with Crippen molar-refractivity contribution in [3.05, 3.63) is 28.8 Å². The molecule has 112 valence electrons. The first-order chi connectivity index (χ1) is 9.65. The molecule has 3 nitrogen and oxygen atoms in total. The lowest BCUT2D eigenvalue weighted by Gasteiger charge is -2.23. The van der Waals surface area contributed by atoms with Crippen LogP contribution in [-0.4, -0.2) is 7.11 Å². The van der Waals surface area contributed by atoms with Crippen molar-refractivity contribution in [2.75, 3.05) is 7.11 Å². The highest BCUT2D eigenvalue weighted by atomic mass is 16.5. The smallest absolute Gasteiger partial charge is 0.124 e. The average Bonchev–Trinajstić information content (AvgIpc) is 2.93. The summed E-state index contributed by atoms with van der Waals surface area (Å²) in [5.74, 6) is 7.66. The van der Waals surface area contributed by atoms with E-state index in [4.69, 9.17) is 10.6 Å². The molecule has 1 aromatic rings. The first-order valence-electron chi connectivity index (χ1n) is 7.77. The zero-order valence-electron chi connectivity index (χ0n) is 13.0. The van der Waals surface area contributed by atoms with Crippen LogP contribution in [0.25, 0.3) is 0 Å². The van der Waals surface area contributed by atoms with Crippen molar-refractivity contribution in [1.82, 2.24) is 5.43 Å². The Hall–Kier alpha value is -1.06. The molecule has 1 aliphatic rings. The molecule has 1 atom stereocenters. The van der Waals surface area contributed by atoms with Gasteiger partial charge in [0, 0.05) is 11.6 Å². The normalized spacial score (nSPS) is 17.4. The summed E-state index contributed by atoms with van der Waals surface area (Å²) in [7, 11) is 1.74. The highest BCUT2D eigenvalue weighted by Gasteiger charge is 2.21. The molecule has 0 radical (unpaired) electrons. The molecule has 2 rings (SSSR count). The van der Waals surface area contributed by atoms with E-state index < -0.39 is 0 Å². The molecule has 3 N–H and O–H groups in total. The summed E-state index contributed by atoms with van der Waals surface area (Å²) in [5, 5.41) is 0. The molecule has 20 heavy (non-hydrogen) atoms. The first-order valence-corrected chi connectivity index (χ1v) is 7.77. The number of hydrazine groups is 1. The van der Waals surface area contributed by atoms with Crippen LogP contribution in [-0.2, 0) is 0 Å². The number of methoxy groups -OCH3 is 1. The molecule has 0 aromatic heterocycles. The summed E-state index contributed by atoms with van der Waals surface area (Å²) >= 11 is 0. The first kappa shape index (κ1) is 15.3. The van der Waals surface area contributed by atoms with Gasteiger partial charge in [-0.05, 0) is 49.8 Å². The van der Waals surface area contributed by atoms with Crippen LogP contribution in [0.2, 0.25) is 0 Å². The average molecular weight is 276 g/mol. The topological polar surface area (TPSA) is 47.3 Å². The highest BCUT2D eigenvalue weighted by Crippen LogP contribution is 2.35. The van der Waals surface area contributed by atoms with E-state index in [2.05, 4.69) is 31.4 Å². The zero-order chi connectivity index (χ0) is 14.5. The van der Waals surface area contributed by atoms with Crippen LogP contribution in [0, 0.1) is 19.8 Å². The minimum absolute atomic E-state index is 0.186. The molecule has 1 saturated carbocycles. The van der Waals surface area contributed by atoms with E-state index in [1.807, 2.05) is 0 Å². The summed E-state index contributed by atoms with van der Waals surface area (Å²) in [4.78, 5) is 0. The van der Waals surface area contributed by atoms with Crippen LogP contribution in [0.1, 0.15) is 61.3 Å². The Morgan fingerprint density at radius 2 is 2.00 bits per heavy atom. The summed E-state index contributed by atoms with van der Waals surface area (Å²) in [6.45, 7) is 4.24. The third-order valence-corrected chi connectivity index (χ3v) is 4.60. The molecule has 1 aliphatic carbocycles. The number of ether oxygens (including phenoxy) is 1. The van der Waals surface area contributed by atoms with Gasteiger partial charge in [-0.1, -0.05) is 31.7 Å². The number of aryl methyl sites for hydroxylation is 2. The molecule has 1 unspecified atom stereocenters. The van der Waals surface area contributed by atoms with Gasteiger partial charge in [-0.15, -0.1) is 0 Å². The highest BCUT2D eigenvalue weighted by molar-refractivity contribution is 5.45. The van der Waals surface area contributed by atoms with Crippen LogP contribution in [0.3, 0.4) is 0 Å². The van der Waals surface area contributed by atoms with Crippen LogP contribution in [0.15, 0.2) is 12.1 Å². The van der Waals surface area contributed by atoms with E-state index in [1.54, 1.807) is 7.11 Å². The van der Waals surface area contributed by atoms with Crippen molar-refractivity contribution in [3.63, 3.8) is 0 Å². The van der Waals surface area contributed by atoms with Gasteiger partial charge in [0.1, 0.15) is 5.75 Å². The molecule has 0 bridgehead atoms. The molecule has 0 heterocycles. The number of benzene rings is 1. The van der Waals surface area contributed by atoms with Gasteiger partial charge < -0.3 is 4.74 Å². The molecule has 1 fully saturated rings. The Labute approximate surface area is 122 Å². The molecule has 3 heteroatoms. The van der Waals surface area contributed by atoms with Gasteiger partial charge in [0.15, 0.2) is 0 Å². The summed E-state index contributed by atoms with van der Waals surface area (Å²) in [6.07, 6.45) is 7.92. The second-order valence-corrected chi connectivity index (χ2v) is 6.14. The Kier molecular flexibility index (Phi) is 5.44. The van der Waals surface area contributed by atoms with Gasteiger partial charge in [-0.3, -0.25) is 11.3 Å². The molecule has 0 aliphatic heterocycles. The van der Waals surface area contributed by atoms with Crippen LogP contribution >= 0.6 is 0 Å². The zero-order valence-corrected chi connectivity index (χ0v) is 13.0. The van der Waals surface area contributed by atoms with E-state index in [0.29, 0.717) is 0 Å². The van der Waals surface area contributed by atoms with E-state index in [1.165, 1.54) is 48.8 Å². The van der Waals surface area contributed by atoms with Crippen molar-refractivity contribution in [2.24, 2.45) is 11.8 Å². The fourth-order valence-corrected chi connectivity index (χ4v) is 3.57. The van der Waals surface area contributed by atoms with E-state index in [9.17, 15) is 0 Å². The maximum Gasteiger partial charge on any atom is 0.124 e. The SMILES string of the molecule is COc1cc(C)cc(C)c1C(CCC1CCCC1)NN. The minimum Gasteiger partial charge on any atom is -0.496 e. The Balaban J connectivity index is 2.13. The van der Waals surface area contributed by atoms with Crippen molar-refractivity contribution in [3.8, 4) is 5.75 Å². The van der Waals surface area contributed by atoms with Gasteiger partial charge >= 0.3 is 0 Å². The second kappa shape index (κ2) is 7.09. The second-order valence-electron chi connectivity index (χ2n) is 6.14. The molecule has 0 saturated heterocycles. The number of rotatable bonds is 6. The fraction of sp³-hybridized carbons (Fsp3) is 0.647. The van der Waals surface area contributed by atoms with Gasteiger partial charge in [0.25, 0.3) is 0 Å². The monoisotopic (exact) mass is 276 g/mol. The van der Waals surface area contributed by atoms with E-state index in [-0.39, 0.29) is 6.04 Å². The summed E-state index contributed by atoms with van der Waals surface area (Å²) < 4.78 is 5.57. The molecular formula is C17H28N2O. The van der Waals surface area contributed by atoms with Gasteiger partial charge in [0.05, 0.1) is 7.11 Å². The molecular weight excluding hydrogens is 248 g/mol. The standard InChI is InChI=1S/C17H28N2O/c1-12-10-13(2)17(16(11-12)20-3)15(19-18)9-8-14-6-4-5-7-14/h10-11,14-15,19H,4-9,18H2,1-3H3. The Morgan fingerprint density at radius 3 is 2.60 bits per heavy atom. The van der Waals surface area contributed by atoms with E-state index >= 15 is 0 Å². The Bertz CT molecular complexity index is 439. The number of hydrogen-bond acceptors (Lipinski definition) is 3. The summed E-state index contributed by atoms with van der Waals surface area (Å²) in [5.41, 5.74) is 6.71. The number of nitrogens with one attached hydrogen (secondary N) is 1. The third kappa shape index (κ3) is 3.53. The lowest BCUT2D eigenvalue weighted by molar-refractivity contribution is 0.379. The number of hydrogen-bond donors (Lipinski definition) is 2. The number of nitrogens with two attached hydrogens (primary N) is 1. The minimum atomic E-state index is 0.186. The largest absolute Gasteiger partial charge is 0.496 e. The Morgan fingerprint density at radius 1 is 1.30 bits per heavy atom. The maximum atomic E-state index is 5.81. The van der Waals surface area contributed by atoms with Gasteiger partial charge in [-0.25, -0.2) is 0 Å². The summed E-state index contributed by atoms with van der Waals surface area (Å²) in [6, 6.07) is 4.49.